The second kappa shape index (κ2) is 6.19. The van der Waals surface area contributed by atoms with E-state index in [1.54, 1.807) is 6.07 Å². The van der Waals surface area contributed by atoms with Gasteiger partial charge in [-0.05, 0) is 24.6 Å². The van der Waals surface area contributed by atoms with Crippen LogP contribution < -0.4 is 4.74 Å². The van der Waals surface area contributed by atoms with Crippen LogP contribution in [-0.4, -0.2) is 5.78 Å². The number of aryl methyl sites for hydroxylation is 1. The summed E-state index contributed by atoms with van der Waals surface area (Å²) in [4.78, 5) is 11.6. The zero-order chi connectivity index (χ0) is 13.7. The highest BCUT2D eigenvalue weighted by Crippen LogP contribution is 2.16. The molecule has 0 aliphatic heterocycles. The highest BCUT2D eigenvalue weighted by molar-refractivity contribution is 5.96. The fraction of sp³-hybridized carbons (Fsp3) is 0.235. The first-order chi connectivity index (χ1) is 9.19. The van der Waals surface area contributed by atoms with E-state index in [-0.39, 0.29) is 5.78 Å². The smallest absolute Gasteiger partial charge is 0.162 e. The molecule has 19 heavy (non-hydrogen) atoms. The molecule has 0 radical (unpaired) electrons. The number of benzene rings is 2. The Balaban J connectivity index is 2.03. The van der Waals surface area contributed by atoms with Crippen molar-refractivity contribution in [3.05, 3.63) is 65.2 Å². The Kier molecular flexibility index (Phi) is 4.35. The van der Waals surface area contributed by atoms with Crippen molar-refractivity contribution in [2.45, 2.75) is 26.9 Å². The van der Waals surface area contributed by atoms with Crippen molar-refractivity contribution in [2.24, 2.45) is 0 Å². The van der Waals surface area contributed by atoms with E-state index in [1.807, 2.05) is 25.1 Å². The van der Waals surface area contributed by atoms with Crippen molar-refractivity contribution in [3.8, 4) is 5.75 Å². The van der Waals surface area contributed by atoms with E-state index in [9.17, 15) is 4.79 Å². The molecule has 2 nitrogen and oxygen atoms in total. The summed E-state index contributed by atoms with van der Waals surface area (Å²) in [5, 5.41) is 0. The molecule has 0 unspecified atom stereocenters. The van der Waals surface area contributed by atoms with Gasteiger partial charge in [0.15, 0.2) is 5.78 Å². The van der Waals surface area contributed by atoms with Crippen molar-refractivity contribution < 1.29 is 9.53 Å². The summed E-state index contributed by atoms with van der Waals surface area (Å²) in [7, 11) is 0. The minimum absolute atomic E-state index is 0.140. The van der Waals surface area contributed by atoms with Crippen LogP contribution in [-0.2, 0) is 6.61 Å². The summed E-state index contributed by atoms with van der Waals surface area (Å²) < 4.78 is 5.72. The highest BCUT2D eigenvalue weighted by Gasteiger charge is 2.04. The van der Waals surface area contributed by atoms with Gasteiger partial charge in [-0.15, -0.1) is 0 Å². The number of Topliss-reactive ketones (excluding diaryl/α,β-unsaturated/α-hetero) is 1. The number of hydrogen-bond acceptors (Lipinski definition) is 2. The molecule has 0 atom stereocenters. The number of rotatable bonds is 5. The molecular weight excluding hydrogens is 236 g/mol. The molecule has 2 rings (SSSR count). The van der Waals surface area contributed by atoms with Gasteiger partial charge in [-0.25, -0.2) is 0 Å². The lowest BCUT2D eigenvalue weighted by molar-refractivity contribution is 0.0987. The molecule has 2 heteroatoms. The largest absolute Gasteiger partial charge is 0.489 e. The number of carbonyl (C=O) groups excluding carboxylic acids is 1. The number of ether oxygens (including phenoxy) is 1. The molecule has 0 saturated heterocycles. The van der Waals surface area contributed by atoms with Gasteiger partial charge in [-0.3, -0.25) is 4.79 Å². The molecule has 0 N–H and O–H groups in total. The SMILES string of the molecule is CCC(=O)c1cccc(OCc2ccc(C)cc2)c1. The summed E-state index contributed by atoms with van der Waals surface area (Å²) >= 11 is 0. The van der Waals surface area contributed by atoms with Crippen LogP contribution in [0.3, 0.4) is 0 Å². The second-order valence-corrected chi connectivity index (χ2v) is 4.58. The molecule has 0 amide bonds. The van der Waals surface area contributed by atoms with E-state index in [4.69, 9.17) is 4.74 Å². The molecule has 0 aromatic heterocycles. The summed E-state index contributed by atoms with van der Waals surface area (Å²) in [5.74, 6) is 0.876. The van der Waals surface area contributed by atoms with Gasteiger partial charge in [-0.2, -0.15) is 0 Å². The molecule has 0 spiro atoms. The van der Waals surface area contributed by atoms with Crippen LogP contribution in [0.1, 0.15) is 34.8 Å². The lowest BCUT2D eigenvalue weighted by Crippen LogP contribution is -1.99. The zero-order valence-corrected chi connectivity index (χ0v) is 11.3. The second-order valence-electron chi connectivity index (χ2n) is 4.58. The minimum Gasteiger partial charge on any atom is -0.489 e. The van der Waals surface area contributed by atoms with E-state index < -0.39 is 0 Å². The summed E-state index contributed by atoms with van der Waals surface area (Å²) in [6, 6.07) is 15.6. The van der Waals surface area contributed by atoms with Gasteiger partial charge in [0.1, 0.15) is 12.4 Å². The zero-order valence-electron chi connectivity index (χ0n) is 11.3. The molecule has 0 bridgehead atoms. The Hall–Kier alpha value is -2.09. The van der Waals surface area contributed by atoms with Crippen molar-refractivity contribution in [1.82, 2.24) is 0 Å². The van der Waals surface area contributed by atoms with Gasteiger partial charge in [0.25, 0.3) is 0 Å². The lowest BCUT2D eigenvalue weighted by atomic mass is 10.1. The van der Waals surface area contributed by atoms with Crippen molar-refractivity contribution in [1.29, 1.82) is 0 Å². The normalized spacial score (nSPS) is 10.2. The third-order valence-electron chi connectivity index (χ3n) is 3.00. The number of carbonyl (C=O) groups is 1. The Morgan fingerprint density at radius 3 is 2.53 bits per heavy atom. The van der Waals surface area contributed by atoms with E-state index in [1.165, 1.54) is 5.56 Å². The van der Waals surface area contributed by atoms with Crippen molar-refractivity contribution in [3.63, 3.8) is 0 Å². The quantitative estimate of drug-likeness (QED) is 0.749. The Morgan fingerprint density at radius 1 is 1.11 bits per heavy atom. The van der Waals surface area contributed by atoms with Gasteiger partial charge in [-0.1, -0.05) is 48.9 Å². The molecule has 0 aliphatic rings. The maximum Gasteiger partial charge on any atom is 0.162 e. The standard InChI is InChI=1S/C17H18O2/c1-3-17(18)15-5-4-6-16(11-15)19-12-14-9-7-13(2)8-10-14/h4-11H,3,12H2,1-2H3. The van der Waals surface area contributed by atoms with Gasteiger partial charge in [0, 0.05) is 12.0 Å². The first kappa shape index (κ1) is 13.3. The van der Waals surface area contributed by atoms with Crippen LogP contribution in [0.5, 0.6) is 5.75 Å². The summed E-state index contributed by atoms with van der Waals surface area (Å²) in [5.41, 5.74) is 3.07. The average Bonchev–Trinajstić information content (AvgIpc) is 2.46. The summed E-state index contributed by atoms with van der Waals surface area (Å²) in [6.45, 7) is 4.44. The third kappa shape index (κ3) is 3.68. The molecule has 98 valence electrons. The van der Waals surface area contributed by atoms with Gasteiger partial charge < -0.3 is 4.74 Å². The molecular formula is C17H18O2. The van der Waals surface area contributed by atoms with Crippen LogP contribution in [0.4, 0.5) is 0 Å². The fourth-order valence-electron chi connectivity index (χ4n) is 1.81. The Bertz CT molecular complexity index is 556. The molecule has 0 aliphatic carbocycles. The van der Waals surface area contributed by atoms with Crippen LogP contribution in [0, 0.1) is 6.92 Å². The fourth-order valence-corrected chi connectivity index (χ4v) is 1.81. The Morgan fingerprint density at radius 2 is 1.84 bits per heavy atom. The predicted molar refractivity (Wildman–Crippen MR) is 76.6 cm³/mol. The van der Waals surface area contributed by atoms with Crippen LogP contribution in [0.25, 0.3) is 0 Å². The average molecular weight is 254 g/mol. The minimum atomic E-state index is 0.140. The van der Waals surface area contributed by atoms with Gasteiger partial charge in [0.05, 0.1) is 0 Å². The topological polar surface area (TPSA) is 26.3 Å². The first-order valence-electron chi connectivity index (χ1n) is 6.50. The first-order valence-corrected chi connectivity index (χ1v) is 6.50. The molecule has 0 fully saturated rings. The third-order valence-corrected chi connectivity index (χ3v) is 3.00. The van der Waals surface area contributed by atoms with Crippen molar-refractivity contribution >= 4 is 5.78 Å². The van der Waals surface area contributed by atoms with Gasteiger partial charge in [0.2, 0.25) is 0 Å². The molecule has 2 aromatic rings. The lowest BCUT2D eigenvalue weighted by Gasteiger charge is -2.08. The van der Waals surface area contributed by atoms with Crippen LogP contribution >= 0.6 is 0 Å². The maximum atomic E-state index is 11.6. The highest BCUT2D eigenvalue weighted by atomic mass is 16.5. The van der Waals surface area contributed by atoms with E-state index in [0.29, 0.717) is 18.6 Å². The molecule has 2 aromatic carbocycles. The van der Waals surface area contributed by atoms with Gasteiger partial charge >= 0.3 is 0 Å². The van der Waals surface area contributed by atoms with Crippen LogP contribution in [0.15, 0.2) is 48.5 Å². The van der Waals surface area contributed by atoms with Crippen molar-refractivity contribution in [2.75, 3.05) is 0 Å². The monoisotopic (exact) mass is 254 g/mol. The molecule has 0 heterocycles. The van der Waals surface area contributed by atoms with E-state index >= 15 is 0 Å². The number of hydrogen-bond donors (Lipinski definition) is 0. The van der Waals surface area contributed by atoms with E-state index in [2.05, 4.69) is 31.2 Å². The Labute approximate surface area is 114 Å². The van der Waals surface area contributed by atoms with E-state index in [0.717, 1.165) is 11.3 Å². The van der Waals surface area contributed by atoms with Crippen LogP contribution in [0.2, 0.25) is 0 Å². The maximum absolute atomic E-state index is 11.6. The summed E-state index contributed by atoms with van der Waals surface area (Å²) in [6.07, 6.45) is 0.515. The predicted octanol–water partition coefficient (Wildman–Crippen LogP) is 4.17. The number of ketones is 1. The molecule has 0 saturated carbocycles.